The van der Waals surface area contributed by atoms with Crippen molar-refractivity contribution in [2.24, 2.45) is 0 Å². The number of hydrogen-bond acceptors (Lipinski definition) is 0. The van der Waals surface area contributed by atoms with Crippen LogP contribution in [0.25, 0.3) is 0 Å². The molecule has 0 saturated heterocycles. The molecule has 0 atom stereocenters. The molecule has 1 aromatic heterocycles. The van der Waals surface area contributed by atoms with Crippen LogP contribution in [0.1, 0.15) is 0 Å². The molecule has 0 aliphatic heterocycles. The Bertz CT molecular complexity index is 80.0. The van der Waals surface area contributed by atoms with Gasteiger partial charge in [0.05, 0.1) is 0 Å². The maximum absolute atomic E-state index is 4.68. The van der Waals surface area contributed by atoms with Gasteiger partial charge < -0.3 is 24.0 Å². The zero-order valence-electron chi connectivity index (χ0n) is 3.67. The maximum atomic E-state index is 4.68. The number of halogens is 1. The summed E-state index contributed by atoms with van der Waals surface area (Å²) in [4.78, 5) is 0. The molecule has 1 aromatic rings. The van der Waals surface area contributed by atoms with E-state index in [2.05, 4.69) is 4.42 Å². The molecule has 0 N–H and O–H groups in total. The molecule has 1 nitrogen and oxygen atoms in total. The van der Waals surface area contributed by atoms with E-state index in [1.807, 2.05) is 18.2 Å². The predicted octanol–water partition coefficient (Wildman–Crippen LogP) is -1.44. The van der Waals surface area contributed by atoms with Gasteiger partial charge in [0.15, 0.2) is 0 Å². The van der Waals surface area contributed by atoms with E-state index in [0.29, 0.717) is 0 Å². The monoisotopic (exact) mass is 208 g/mol. The van der Waals surface area contributed by atoms with Crippen molar-refractivity contribution in [3.8, 4) is 0 Å². The molecule has 0 unspecified atom stereocenters. The van der Waals surface area contributed by atoms with E-state index in [1.54, 1.807) is 12.5 Å². The van der Waals surface area contributed by atoms with Crippen molar-refractivity contribution in [3.63, 3.8) is 0 Å². The zero-order valence-corrected chi connectivity index (χ0v) is 5.83. The van der Waals surface area contributed by atoms with Crippen molar-refractivity contribution in [1.29, 1.82) is 0 Å². The molecular weight excluding hydrogens is 203 g/mol. The highest BCUT2D eigenvalue weighted by molar-refractivity contribution is 4.84. The van der Waals surface area contributed by atoms with E-state index >= 15 is 0 Å². The van der Waals surface area contributed by atoms with Gasteiger partial charge in [-0.1, -0.05) is 0 Å². The molecule has 0 bridgehead atoms. The van der Waals surface area contributed by atoms with Crippen LogP contribution in [-0.4, -0.2) is 0 Å². The predicted molar refractivity (Wildman–Crippen MR) is 23.1 cm³/mol. The lowest BCUT2D eigenvalue weighted by molar-refractivity contribution is -0.00000161. The third-order valence-corrected chi connectivity index (χ3v) is 0.536. The first-order chi connectivity index (χ1) is 3.00. The van der Waals surface area contributed by atoms with Crippen LogP contribution in [0.4, 0.5) is 0 Å². The molecule has 0 aliphatic carbocycles. The second kappa shape index (κ2) is 4.05. The lowest BCUT2D eigenvalue weighted by atomic mass is 10.6. The zero-order chi connectivity index (χ0) is 4.24. The maximum Gasteiger partial charge on any atom is 0.317 e. The molecule has 1 heterocycles. The van der Waals surface area contributed by atoms with Crippen LogP contribution in [0.2, 0.25) is 0 Å². The molecule has 2 heteroatoms. The molecule has 0 amide bonds. The SMILES string of the molecule is [I-].c1cc[o+]cc1. The van der Waals surface area contributed by atoms with Gasteiger partial charge in [0.1, 0.15) is 0 Å². The van der Waals surface area contributed by atoms with Gasteiger partial charge in [-0.15, -0.1) is 0 Å². The quantitative estimate of drug-likeness (QED) is 0.375. The van der Waals surface area contributed by atoms with Crippen LogP contribution in [0, 0.1) is 0 Å². The number of rotatable bonds is 0. The van der Waals surface area contributed by atoms with E-state index in [0.717, 1.165) is 0 Å². The minimum atomic E-state index is 0. The fourth-order valence-electron chi connectivity index (χ4n) is 0.291. The van der Waals surface area contributed by atoms with Crippen molar-refractivity contribution < 1.29 is 28.4 Å². The summed E-state index contributed by atoms with van der Waals surface area (Å²) in [6.45, 7) is 0. The molecule has 0 aliphatic rings. The molecule has 7 heavy (non-hydrogen) atoms. The van der Waals surface area contributed by atoms with Gasteiger partial charge in [0.2, 0.25) is 0 Å². The fourth-order valence-corrected chi connectivity index (χ4v) is 0.291. The van der Waals surface area contributed by atoms with Gasteiger partial charge in [-0.05, 0) is 6.07 Å². The summed E-state index contributed by atoms with van der Waals surface area (Å²) in [6, 6.07) is 5.57. The van der Waals surface area contributed by atoms with E-state index < -0.39 is 0 Å². The molecule has 0 radical (unpaired) electrons. The van der Waals surface area contributed by atoms with Gasteiger partial charge in [-0.25, -0.2) is 4.42 Å². The van der Waals surface area contributed by atoms with Crippen molar-refractivity contribution in [2.45, 2.75) is 0 Å². The molecule has 1 rings (SSSR count). The Balaban J connectivity index is 0.000000360. The summed E-state index contributed by atoms with van der Waals surface area (Å²) in [5.74, 6) is 0. The average molecular weight is 208 g/mol. The van der Waals surface area contributed by atoms with Gasteiger partial charge in [-0.2, -0.15) is 0 Å². The second-order valence-corrected chi connectivity index (χ2v) is 0.986. The topological polar surface area (TPSA) is 11.3 Å². The Morgan fingerprint density at radius 2 is 1.43 bits per heavy atom. The van der Waals surface area contributed by atoms with Crippen LogP contribution in [0.3, 0.4) is 0 Å². The summed E-state index contributed by atoms with van der Waals surface area (Å²) in [5, 5.41) is 0. The first-order valence-electron chi connectivity index (χ1n) is 1.80. The molecule has 0 aromatic carbocycles. The Morgan fingerprint density at radius 3 is 1.57 bits per heavy atom. The third-order valence-electron chi connectivity index (χ3n) is 0.536. The molecule has 0 fully saturated rings. The van der Waals surface area contributed by atoms with E-state index in [-0.39, 0.29) is 24.0 Å². The Labute approximate surface area is 59.4 Å². The Kier molecular flexibility index (Phi) is 3.98. The van der Waals surface area contributed by atoms with Crippen molar-refractivity contribution in [3.05, 3.63) is 30.7 Å². The van der Waals surface area contributed by atoms with Crippen molar-refractivity contribution in [1.82, 2.24) is 0 Å². The molecular formula is C5H5IO. The summed E-state index contributed by atoms with van der Waals surface area (Å²) in [5.41, 5.74) is 0. The second-order valence-electron chi connectivity index (χ2n) is 0.986. The average Bonchev–Trinajstić information content (AvgIpc) is 1.72. The van der Waals surface area contributed by atoms with Crippen LogP contribution in [-0.2, 0) is 0 Å². The van der Waals surface area contributed by atoms with Crippen LogP contribution in [0.15, 0.2) is 35.1 Å². The highest BCUT2D eigenvalue weighted by atomic mass is 127. The lowest BCUT2D eigenvalue weighted by Gasteiger charge is -1.57. The largest absolute Gasteiger partial charge is 1.00 e. The van der Waals surface area contributed by atoms with Crippen molar-refractivity contribution >= 4 is 0 Å². The first kappa shape index (κ1) is 6.88. The molecule has 0 saturated carbocycles. The van der Waals surface area contributed by atoms with Gasteiger partial charge in [0, 0.05) is 12.1 Å². The standard InChI is InChI=1S/C5H5O.HI/c1-2-4-6-5-3-1;/h1-5H;1H/q+1;/p-1. The van der Waals surface area contributed by atoms with Crippen LogP contribution >= 0.6 is 0 Å². The molecule has 0 spiro atoms. The number of hydrogen-bond donors (Lipinski definition) is 0. The fraction of sp³-hybridized carbons (Fsp3) is 0. The first-order valence-corrected chi connectivity index (χ1v) is 1.80. The summed E-state index contributed by atoms with van der Waals surface area (Å²) < 4.78 is 4.68. The minimum Gasteiger partial charge on any atom is -1.00 e. The summed E-state index contributed by atoms with van der Waals surface area (Å²) >= 11 is 0. The minimum absolute atomic E-state index is 0. The highest BCUT2D eigenvalue weighted by Crippen LogP contribution is 1.79. The van der Waals surface area contributed by atoms with E-state index in [4.69, 9.17) is 0 Å². The van der Waals surface area contributed by atoms with Crippen LogP contribution in [0.5, 0.6) is 0 Å². The van der Waals surface area contributed by atoms with Crippen molar-refractivity contribution in [2.75, 3.05) is 0 Å². The smallest absolute Gasteiger partial charge is 0.317 e. The summed E-state index contributed by atoms with van der Waals surface area (Å²) in [6.07, 6.45) is 3.25. The van der Waals surface area contributed by atoms with Gasteiger partial charge in [-0.3, -0.25) is 0 Å². The normalized spacial score (nSPS) is 6.86. The summed E-state index contributed by atoms with van der Waals surface area (Å²) in [7, 11) is 0. The van der Waals surface area contributed by atoms with Gasteiger partial charge in [0.25, 0.3) is 0 Å². The van der Waals surface area contributed by atoms with E-state index in [9.17, 15) is 0 Å². The Morgan fingerprint density at radius 1 is 0.857 bits per heavy atom. The van der Waals surface area contributed by atoms with Crippen LogP contribution < -0.4 is 24.0 Å². The Hall–Kier alpha value is -0.120. The van der Waals surface area contributed by atoms with E-state index in [1.165, 1.54) is 0 Å². The molecule has 38 valence electrons. The highest BCUT2D eigenvalue weighted by Gasteiger charge is 1.72. The lowest BCUT2D eigenvalue weighted by Crippen LogP contribution is -3.00. The third kappa shape index (κ3) is 2.56. The van der Waals surface area contributed by atoms with Gasteiger partial charge >= 0.3 is 12.5 Å².